The Morgan fingerprint density at radius 1 is 1.06 bits per heavy atom. The van der Waals surface area contributed by atoms with Crippen LogP contribution in [0.3, 0.4) is 0 Å². The standard InChI is InChI=1S/C21H18FN3O5S/c22-14-3-1-2-4-16(14)28-10-19-25-15(11-31-19)21(27)24-8-7-23-20(26)13-5-6-17-18(9-13)30-12-29-17/h1-6,9,11H,7-8,10,12H2,(H,23,26)(H,24,27). The number of fused-ring (bicyclic) bond motifs is 1. The number of ether oxygens (including phenoxy) is 3. The molecule has 0 fully saturated rings. The van der Waals surface area contributed by atoms with Crippen LogP contribution in [0.25, 0.3) is 0 Å². The van der Waals surface area contributed by atoms with Crippen LogP contribution in [-0.2, 0) is 6.61 Å². The number of hydrogen-bond acceptors (Lipinski definition) is 7. The van der Waals surface area contributed by atoms with E-state index in [2.05, 4.69) is 15.6 Å². The number of carbonyl (C=O) groups excluding carboxylic acids is 2. The van der Waals surface area contributed by atoms with Crippen molar-refractivity contribution in [1.82, 2.24) is 15.6 Å². The SMILES string of the molecule is O=C(NCCNC(=O)c1csc(COc2ccccc2F)n1)c1ccc2c(c1)OCO2. The van der Waals surface area contributed by atoms with Gasteiger partial charge in [0.25, 0.3) is 11.8 Å². The minimum atomic E-state index is -0.459. The number of thiazole rings is 1. The quantitative estimate of drug-likeness (QED) is 0.520. The Kier molecular flexibility index (Phi) is 6.27. The van der Waals surface area contributed by atoms with Gasteiger partial charge < -0.3 is 24.8 Å². The molecular formula is C21H18FN3O5S. The second-order valence-electron chi connectivity index (χ2n) is 6.43. The number of amides is 2. The van der Waals surface area contributed by atoms with Crippen molar-refractivity contribution >= 4 is 23.2 Å². The highest BCUT2D eigenvalue weighted by Gasteiger charge is 2.16. The molecular weight excluding hydrogens is 425 g/mol. The molecule has 2 aromatic carbocycles. The molecule has 0 saturated carbocycles. The van der Waals surface area contributed by atoms with Crippen molar-refractivity contribution in [3.8, 4) is 17.2 Å². The summed E-state index contributed by atoms with van der Waals surface area (Å²) >= 11 is 1.24. The van der Waals surface area contributed by atoms with E-state index in [1.165, 1.54) is 23.5 Å². The van der Waals surface area contributed by atoms with Crippen LogP contribution in [0, 0.1) is 5.82 Å². The van der Waals surface area contributed by atoms with Crippen LogP contribution >= 0.6 is 11.3 Å². The summed E-state index contributed by atoms with van der Waals surface area (Å²) in [5.74, 6) is 0.145. The van der Waals surface area contributed by atoms with Gasteiger partial charge in [-0.3, -0.25) is 9.59 Å². The molecule has 31 heavy (non-hydrogen) atoms. The van der Waals surface area contributed by atoms with Gasteiger partial charge in [-0.25, -0.2) is 9.37 Å². The van der Waals surface area contributed by atoms with Crippen LogP contribution in [-0.4, -0.2) is 36.7 Å². The average Bonchev–Trinajstić information content (AvgIpc) is 3.45. The fourth-order valence-electron chi connectivity index (χ4n) is 2.77. The van der Waals surface area contributed by atoms with E-state index in [4.69, 9.17) is 14.2 Å². The largest absolute Gasteiger partial charge is 0.483 e. The number of aromatic nitrogens is 1. The molecule has 1 aliphatic rings. The number of halogens is 1. The lowest BCUT2D eigenvalue weighted by Crippen LogP contribution is -2.34. The minimum Gasteiger partial charge on any atom is -0.483 e. The van der Waals surface area contributed by atoms with Crippen molar-refractivity contribution in [2.45, 2.75) is 6.61 Å². The van der Waals surface area contributed by atoms with Gasteiger partial charge in [0.15, 0.2) is 23.1 Å². The molecule has 4 rings (SSSR count). The molecule has 1 aromatic heterocycles. The van der Waals surface area contributed by atoms with Crippen molar-refractivity contribution in [2.24, 2.45) is 0 Å². The predicted octanol–water partition coefficient (Wildman–Crippen LogP) is 2.75. The van der Waals surface area contributed by atoms with Crippen molar-refractivity contribution in [1.29, 1.82) is 0 Å². The number of nitrogens with one attached hydrogen (secondary N) is 2. The molecule has 0 unspecified atom stereocenters. The molecule has 2 N–H and O–H groups in total. The minimum absolute atomic E-state index is 0.0600. The zero-order valence-corrected chi connectivity index (χ0v) is 17.0. The maximum atomic E-state index is 13.6. The molecule has 2 heterocycles. The molecule has 0 bridgehead atoms. The number of hydrogen-bond donors (Lipinski definition) is 2. The number of carbonyl (C=O) groups is 2. The van der Waals surface area contributed by atoms with E-state index in [1.807, 2.05) is 0 Å². The van der Waals surface area contributed by atoms with Gasteiger partial charge in [0.2, 0.25) is 6.79 Å². The van der Waals surface area contributed by atoms with Crippen molar-refractivity contribution in [2.75, 3.05) is 19.9 Å². The summed E-state index contributed by atoms with van der Waals surface area (Å²) in [4.78, 5) is 28.6. The van der Waals surface area contributed by atoms with Gasteiger partial charge in [-0.05, 0) is 30.3 Å². The van der Waals surface area contributed by atoms with Crippen LogP contribution in [0.15, 0.2) is 47.8 Å². The van der Waals surface area contributed by atoms with Gasteiger partial charge in [0, 0.05) is 24.0 Å². The van der Waals surface area contributed by atoms with Crippen molar-refractivity contribution < 1.29 is 28.2 Å². The summed E-state index contributed by atoms with van der Waals surface area (Å²) in [6, 6.07) is 11.0. The maximum Gasteiger partial charge on any atom is 0.270 e. The summed E-state index contributed by atoms with van der Waals surface area (Å²) in [7, 11) is 0. The Bertz CT molecular complexity index is 1100. The Morgan fingerprint density at radius 2 is 1.84 bits per heavy atom. The average molecular weight is 443 g/mol. The summed E-state index contributed by atoms with van der Waals surface area (Å²) in [5.41, 5.74) is 0.675. The second-order valence-corrected chi connectivity index (χ2v) is 7.37. The summed E-state index contributed by atoms with van der Waals surface area (Å²) in [6.07, 6.45) is 0. The highest BCUT2D eigenvalue weighted by molar-refractivity contribution is 7.09. The number of benzene rings is 2. The number of rotatable bonds is 8. The first kappa shape index (κ1) is 20.6. The Hall–Kier alpha value is -3.66. The molecule has 10 heteroatoms. The highest BCUT2D eigenvalue weighted by Crippen LogP contribution is 2.32. The molecule has 0 saturated heterocycles. The van der Waals surface area contributed by atoms with E-state index < -0.39 is 5.82 Å². The molecule has 1 aliphatic heterocycles. The molecule has 0 atom stereocenters. The van der Waals surface area contributed by atoms with E-state index >= 15 is 0 Å². The van der Waals surface area contributed by atoms with Crippen molar-refractivity contribution in [3.05, 3.63) is 69.9 Å². The van der Waals surface area contributed by atoms with Crippen LogP contribution in [0.1, 0.15) is 25.9 Å². The Labute approximate surface area is 181 Å². The third-order valence-corrected chi connectivity index (χ3v) is 5.13. The van der Waals surface area contributed by atoms with E-state index in [-0.39, 0.29) is 49.7 Å². The van der Waals surface area contributed by atoms with Gasteiger partial charge in [0.05, 0.1) is 0 Å². The van der Waals surface area contributed by atoms with Gasteiger partial charge in [-0.2, -0.15) is 0 Å². The normalized spacial score (nSPS) is 11.8. The van der Waals surface area contributed by atoms with Crippen LogP contribution in [0.4, 0.5) is 4.39 Å². The smallest absolute Gasteiger partial charge is 0.270 e. The van der Waals surface area contributed by atoms with E-state index in [9.17, 15) is 14.0 Å². The molecule has 0 radical (unpaired) electrons. The summed E-state index contributed by atoms with van der Waals surface area (Å²) < 4.78 is 29.4. The van der Waals surface area contributed by atoms with E-state index in [0.29, 0.717) is 22.1 Å². The second kappa shape index (κ2) is 9.43. The number of nitrogens with zero attached hydrogens (tertiary/aromatic N) is 1. The molecule has 3 aromatic rings. The lowest BCUT2D eigenvalue weighted by molar-refractivity contribution is 0.0925. The lowest BCUT2D eigenvalue weighted by Gasteiger charge is -2.07. The van der Waals surface area contributed by atoms with E-state index in [1.54, 1.807) is 35.7 Å². The fourth-order valence-corrected chi connectivity index (χ4v) is 3.45. The van der Waals surface area contributed by atoms with Gasteiger partial charge >= 0.3 is 0 Å². The highest BCUT2D eigenvalue weighted by atomic mass is 32.1. The monoisotopic (exact) mass is 443 g/mol. The molecule has 160 valence electrons. The first-order valence-electron chi connectivity index (χ1n) is 9.38. The van der Waals surface area contributed by atoms with Gasteiger partial charge in [-0.1, -0.05) is 12.1 Å². The third-order valence-electron chi connectivity index (χ3n) is 4.30. The molecule has 0 aliphatic carbocycles. The third kappa shape index (κ3) is 5.10. The Morgan fingerprint density at radius 3 is 2.68 bits per heavy atom. The zero-order valence-electron chi connectivity index (χ0n) is 16.2. The first-order chi connectivity index (χ1) is 15.1. The van der Waals surface area contributed by atoms with E-state index in [0.717, 1.165) is 0 Å². The number of para-hydroxylation sites is 1. The Balaban J connectivity index is 1.20. The van der Waals surface area contributed by atoms with Crippen LogP contribution in [0.5, 0.6) is 17.2 Å². The van der Waals surface area contributed by atoms with Crippen molar-refractivity contribution in [3.63, 3.8) is 0 Å². The van der Waals surface area contributed by atoms with Crippen LogP contribution < -0.4 is 24.8 Å². The zero-order chi connectivity index (χ0) is 21.6. The van der Waals surface area contributed by atoms with Crippen LogP contribution in [0.2, 0.25) is 0 Å². The van der Waals surface area contributed by atoms with Gasteiger partial charge in [-0.15, -0.1) is 11.3 Å². The predicted molar refractivity (Wildman–Crippen MR) is 110 cm³/mol. The maximum absolute atomic E-state index is 13.6. The first-order valence-corrected chi connectivity index (χ1v) is 10.3. The summed E-state index contributed by atoms with van der Waals surface area (Å²) in [6.45, 7) is 0.671. The van der Waals surface area contributed by atoms with Gasteiger partial charge in [0.1, 0.15) is 17.3 Å². The summed E-state index contributed by atoms with van der Waals surface area (Å²) in [5, 5.41) is 7.55. The molecule has 2 amide bonds. The fraction of sp³-hybridized carbons (Fsp3) is 0.190. The molecule has 0 spiro atoms. The molecule has 8 nitrogen and oxygen atoms in total. The topological polar surface area (TPSA) is 98.8 Å². The lowest BCUT2D eigenvalue weighted by atomic mass is 10.2.